The van der Waals surface area contributed by atoms with Crippen LogP contribution in [0.25, 0.3) is 0 Å². The number of pyridine rings is 1. The fourth-order valence-electron chi connectivity index (χ4n) is 1.58. The van der Waals surface area contributed by atoms with Gasteiger partial charge in [0.05, 0.1) is 11.7 Å². The van der Waals surface area contributed by atoms with Gasteiger partial charge >= 0.3 is 0 Å². The number of aromatic nitrogens is 1. The van der Waals surface area contributed by atoms with Crippen molar-refractivity contribution in [3.05, 3.63) is 18.3 Å². The molecule has 0 saturated carbocycles. The number of carbonyl (C=O) groups is 1. The van der Waals surface area contributed by atoms with Gasteiger partial charge < -0.3 is 16.0 Å². The van der Waals surface area contributed by atoms with Crippen molar-refractivity contribution in [2.75, 3.05) is 24.3 Å². The Labute approximate surface area is 108 Å². The predicted octanol–water partition coefficient (Wildman–Crippen LogP) is 1.46. The molecule has 1 aromatic heterocycles. The number of nitrogens with zero attached hydrogens (tertiary/aromatic N) is 2. The Morgan fingerprint density at radius 1 is 1.56 bits per heavy atom. The molecule has 5 nitrogen and oxygen atoms in total. The zero-order chi connectivity index (χ0) is 13.7. The molecule has 100 valence electrons. The van der Waals surface area contributed by atoms with E-state index >= 15 is 0 Å². The summed E-state index contributed by atoms with van der Waals surface area (Å²) in [6.07, 6.45) is 2.57. The first-order valence-electron chi connectivity index (χ1n) is 6.16. The van der Waals surface area contributed by atoms with E-state index in [2.05, 4.69) is 10.3 Å². The van der Waals surface area contributed by atoms with Gasteiger partial charge in [-0.25, -0.2) is 4.98 Å². The third-order valence-corrected chi connectivity index (χ3v) is 3.03. The molecule has 0 bridgehead atoms. The molecule has 1 rings (SSSR count). The standard InChI is InChI=1S/C13H22N4O/c1-5-9(2)11(14)13(18)16-10-7-6-8-15-12(10)17(3)4/h6-9,11H,5,14H2,1-4H3,(H,16,18). The maximum Gasteiger partial charge on any atom is 0.241 e. The van der Waals surface area contributed by atoms with Crippen molar-refractivity contribution in [2.24, 2.45) is 11.7 Å². The summed E-state index contributed by atoms with van der Waals surface area (Å²) in [6, 6.07) is 3.12. The monoisotopic (exact) mass is 250 g/mol. The van der Waals surface area contributed by atoms with Gasteiger partial charge in [-0.2, -0.15) is 0 Å². The summed E-state index contributed by atoms with van der Waals surface area (Å²) >= 11 is 0. The van der Waals surface area contributed by atoms with Crippen LogP contribution < -0.4 is 16.0 Å². The number of anilines is 2. The summed E-state index contributed by atoms with van der Waals surface area (Å²) in [7, 11) is 3.76. The van der Waals surface area contributed by atoms with E-state index in [1.165, 1.54) is 0 Å². The molecule has 2 unspecified atom stereocenters. The molecule has 5 heteroatoms. The van der Waals surface area contributed by atoms with Gasteiger partial charge in [-0.3, -0.25) is 4.79 Å². The lowest BCUT2D eigenvalue weighted by atomic mass is 9.99. The number of hydrogen-bond acceptors (Lipinski definition) is 4. The Bertz CT molecular complexity index is 406. The zero-order valence-electron chi connectivity index (χ0n) is 11.5. The smallest absolute Gasteiger partial charge is 0.241 e. The van der Waals surface area contributed by atoms with Crippen molar-refractivity contribution in [2.45, 2.75) is 26.3 Å². The maximum atomic E-state index is 12.0. The van der Waals surface area contributed by atoms with Crippen molar-refractivity contribution in [1.82, 2.24) is 4.98 Å². The van der Waals surface area contributed by atoms with Crippen LogP contribution >= 0.6 is 0 Å². The SMILES string of the molecule is CCC(C)C(N)C(=O)Nc1cccnc1N(C)C. The zero-order valence-corrected chi connectivity index (χ0v) is 11.5. The van der Waals surface area contributed by atoms with Crippen molar-refractivity contribution in [1.29, 1.82) is 0 Å². The van der Waals surface area contributed by atoms with Gasteiger partial charge in [0.25, 0.3) is 0 Å². The number of nitrogens with two attached hydrogens (primary N) is 1. The van der Waals surface area contributed by atoms with Crippen LogP contribution in [0.15, 0.2) is 18.3 Å². The number of amides is 1. The molecule has 2 atom stereocenters. The minimum absolute atomic E-state index is 0.157. The van der Waals surface area contributed by atoms with Gasteiger partial charge in [-0.15, -0.1) is 0 Å². The maximum absolute atomic E-state index is 12.0. The first-order chi connectivity index (χ1) is 8.47. The van der Waals surface area contributed by atoms with Crippen LogP contribution in [0.2, 0.25) is 0 Å². The van der Waals surface area contributed by atoms with Gasteiger partial charge in [0.1, 0.15) is 0 Å². The fraction of sp³-hybridized carbons (Fsp3) is 0.538. The molecule has 0 aliphatic carbocycles. The van der Waals surface area contributed by atoms with Crippen LogP contribution in [0.4, 0.5) is 11.5 Å². The summed E-state index contributed by atoms with van der Waals surface area (Å²) in [4.78, 5) is 18.1. The number of rotatable bonds is 5. The molecule has 0 spiro atoms. The average Bonchev–Trinajstić information content (AvgIpc) is 2.37. The quantitative estimate of drug-likeness (QED) is 0.830. The number of hydrogen-bond donors (Lipinski definition) is 2. The van der Waals surface area contributed by atoms with E-state index in [-0.39, 0.29) is 11.8 Å². The predicted molar refractivity (Wildman–Crippen MR) is 74.6 cm³/mol. The molecule has 0 saturated heterocycles. The number of carbonyl (C=O) groups excluding carboxylic acids is 1. The molecule has 3 N–H and O–H groups in total. The number of nitrogens with one attached hydrogen (secondary N) is 1. The van der Waals surface area contributed by atoms with Gasteiger partial charge in [0.15, 0.2) is 5.82 Å². The third-order valence-electron chi connectivity index (χ3n) is 3.03. The lowest BCUT2D eigenvalue weighted by molar-refractivity contribution is -0.118. The highest BCUT2D eigenvalue weighted by atomic mass is 16.2. The molecule has 0 aliphatic rings. The van der Waals surface area contributed by atoms with Crippen molar-refractivity contribution >= 4 is 17.4 Å². The molecular formula is C13H22N4O. The Balaban J connectivity index is 2.82. The highest BCUT2D eigenvalue weighted by molar-refractivity contribution is 5.97. The third kappa shape index (κ3) is 3.43. The second-order valence-corrected chi connectivity index (χ2v) is 4.67. The normalized spacial score (nSPS) is 13.8. The van der Waals surface area contributed by atoms with E-state index in [0.29, 0.717) is 5.69 Å². The van der Waals surface area contributed by atoms with E-state index in [1.54, 1.807) is 12.3 Å². The van der Waals surface area contributed by atoms with Crippen molar-refractivity contribution in [3.8, 4) is 0 Å². The van der Waals surface area contributed by atoms with E-state index in [0.717, 1.165) is 12.2 Å². The second kappa shape index (κ2) is 6.35. The summed E-state index contributed by atoms with van der Waals surface area (Å²) in [5.41, 5.74) is 6.59. The summed E-state index contributed by atoms with van der Waals surface area (Å²) in [6.45, 7) is 3.99. The second-order valence-electron chi connectivity index (χ2n) is 4.67. The van der Waals surface area contributed by atoms with Crippen LogP contribution in [0.3, 0.4) is 0 Å². The van der Waals surface area contributed by atoms with Crippen molar-refractivity contribution < 1.29 is 4.79 Å². The molecule has 1 heterocycles. The van der Waals surface area contributed by atoms with Gasteiger partial charge in [0.2, 0.25) is 5.91 Å². The minimum Gasteiger partial charge on any atom is -0.361 e. The Kier molecular flexibility index (Phi) is 5.09. The van der Waals surface area contributed by atoms with Crippen molar-refractivity contribution in [3.63, 3.8) is 0 Å². The van der Waals surface area contributed by atoms with Crippen LogP contribution in [0, 0.1) is 5.92 Å². The molecule has 0 aliphatic heterocycles. The van der Waals surface area contributed by atoms with E-state index in [1.807, 2.05) is 38.9 Å². The Morgan fingerprint density at radius 3 is 2.78 bits per heavy atom. The van der Waals surface area contributed by atoms with Crippen LogP contribution in [0.5, 0.6) is 0 Å². The van der Waals surface area contributed by atoms with Gasteiger partial charge in [-0.1, -0.05) is 20.3 Å². The highest BCUT2D eigenvalue weighted by Gasteiger charge is 2.20. The molecule has 0 radical (unpaired) electrons. The lowest BCUT2D eigenvalue weighted by Crippen LogP contribution is -2.40. The highest BCUT2D eigenvalue weighted by Crippen LogP contribution is 2.21. The first-order valence-corrected chi connectivity index (χ1v) is 6.16. The summed E-state index contributed by atoms with van der Waals surface area (Å²) in [5.74, 6) is 0.715. The summed E-state index contributed by atoms with van der Waals surface area (Å²) < 4.78 is 0. The Hall–Kier alpha value is -1.62. The summed E-state index contributed by atoms with van der Waals surface area (Å²) in [5, 5.41) is 2.84. The fourth-order valence-corrected chi connectivity index (χ4v) is 1.58. The molecule has 1 amide bonds. The molecule has 18 heavy (non-hydrogen) atoms. The Morgan fingerprint density at radius 2 is 2.22 bits per heavy atom. The molecule has 0 aromatic carbocycles. The first kappa shape index (κ1) is 14.4. The van der Waals surface area contributed by atoms with Crippen LogP contribution in [0.1, 0.15) is 20.3 Å². The van der Waals surface area contributed by atoms with E-state index in [4.69, 9.17) is 5.73 Å². The van der Waals surface area contributed by atoms with E-state index < -0.39 is 6.04 Å². The van der Waals surface area contributed by atoms with Crippen LogP contribution in [-0.2, 0) is 4.79 Å². The van der Waals surface area contributed by atoms with Crippen LogP contribution in [-0.4, -0.2) is 31.0 Å². The minimum atomic E-state index is -0.495. The largest absolute Gasteiger partial charge is 0.361 e. The average molecular weight is 250 g/mol. The molecular weight excluding hydrogens is 228 g/mol. The lowest BCUT2D eigenvalue weighted by Gasteiger charge is -2.20. The van der Waals surface area contributed by atoms with Gasteiger partial charge in [0, 0.05) is 20.3 Å². The van der Waals surface area contributed by atoms with E-state index in [9.17, 15) is 4.79 Å². The van der Waals surface area contributed by atoms with Gasteiger partial charge in [-0.05, 0) is 18.1 Å². The molecule has 1 aromatic rings. The topological polar surface area (TPSA) is 71.2 Å². The molecule has 0 fully saturated rings.